The summed E-state index contributed by atoms with van der Waals surface area (Å²) < 4.78 is 6.35. The van der Waals surface area contributed by atoms with E-state index in [0.717, 1.165) is 33.3 Å². The molecule has 0 fully saturated rings. The van der Waals surface area contributed by atoms with Crippen molar-refractivity contribution in [3.8, 4) is 33.4 Å². The normalized spacial score (nSPS) is 14.8. The van der Waals surface area contributed by atoms with Crippen molar-refractivity contribution >= 4 is 39.0 Å². The van der Waals surface area contributed by atoms with Crippen molar-refractivity contribution < 1.29 is 4.42 Å². The zero-order valence-electron chi connectivity index (χ0n) is 30.1. The minimum Gasteiger partial charge on any atom is -0.456 e. The van der Waals surface area contributed by atoms with Crippen LogP contribution in [0.1, 0.15) is 47.2 Å². The number of rotatable bonds is 3. The lowest BCUT2D eigenvalue weighted by Gasteiger charge is -2.32. The molecule has 8 aromatic carbocycles. The highest BCUT2D eigenvalue weighted by molar-refractivity contribution is 6.07. The zero-order chi connectivity index (χ0) is 35.8. The van der Waals surface area contributed by atoms with E-state index >= 15 is 0 Å². The summed E-state index contributed by atoms with van der Waals surface area (Å²) in [6.45, 7) is 4.73. The molecule has 254 valence electrons. The lowest BCUT2D eigenvalue weighted by atomic mass is 9.70. The van der Waals surface area contributed by atoms with Crippen molar-refractivity contribution in [1.82, 2.24) is 0 Å². The Kier molecular flexibility index (Phi) is 5.81. The second-order valence-corrected chi connectivity index (χ2v) is 15.6. The summed E-state index contributed by atoms with van der Waals surface area (Å²) in [6, 6.07) is 65.3. The zero-order valence-corrected chi connectivity index (χ0v) is 30.1. The highest BCUT2D eigenvalue weighted by atomic mass is 16.3. The Labute approximate surface area is 314 Å². The molecule has 0 saturated carbocycles. The number of hydrogen-bond donors (Lipinski definition) is 0. The molecule has 2 nitrogen and oxygen atoms in total. The van der Waals surface area contributed by atoms with Crippen molar-refractivity contribution in [1.29, 1.82) is 0 Å². The van der Waals surface area contributed by atoms with E-state index in [0.29, 0.717) is 0 Å². The summed E-state index contributed by atoms with van der Waals surface area (Å²) in [4.78, 5) is 2.50. The Balaban J connectivity index is 1.17. The van der Waals surface area contributed by atoms with E-state index in [4.69, 9.17) is 4.42 Å². The number of anilines is 3. The Morgan fingerprint density at radius 2 is 0.907 bits per heavy atom. The van der Waals surface area contributed by atoms with Crippen LogP contribution in [0.3, 0.4) is 0 Å². The monoisotopic (exact) mass is 689 g/mol. The van der Waals surface area contributed by atoms with Crippen molar-refractivity contribution in [2.24, 2.45) is 0 Å². The number of para-hydroxylation sites is 1. The van der Waals surface area contributed by atoms with E-state index < -0.39 is 5.41 Å². The number of benzene rings is 8. The third-order valence-corrected chi connectivity index (χ3v) is 12.7. The number of hydrogen-bond acceptors (Lipinski definition) is 2. The van der Waals surface area contributed by atoms with Crippen LogP contribution in [0.25, 0.3) is 55.3 Å². The number of fused-ring (bicyclic) bond motifs is 16. The summed E-state index contributed by atoms with van der Waals surface area (Å²) in [5.41, 5.74) is 20.6. The smallest absolute Gasteiger partial charge is 0.135 e. The predicted molar refractivity (Wildman–Crippen MR) is 222 cm³/mol. The second kappa shape index (κ2) is 10.5. The standard InChI is InChI=1S/C52H35NO/c1-51(2)41-19-8-3-14-34(41)37-28-26-33(31-46(37)51)53(32-27-29-49-40(30-32)38-17-7-12-25-48(38)54-49)47-24-13-23-45-50(47)39-18-6-11-22-44(39)52(45)42-20-9-4-15-35(42)36-16-5-10-21-43(36)52/h3-31H,1-2H3. The topological polar surface area (TPSA) is 16.4 Å². The van der Waals surface area contributed by atoms with Crippen LogP contribution in [0.15, 0.2) is 180 Å². The SMILES string of the molecule is CC1(C)c2ccccc2-c2ccc(N(c3ccc4oc5ccccc5c4c3)c3cccc4c3-c3ccccc3C43c4ccccc4-c4ccccc43)cc21. The van der Waals surface area contributed by atoms with Crippen molar-refractivity contribution in [2.45, 2.75) is 24.7 Å². The maximum absolute atomic E-state index is 6.35. The van der Waals surface area contributed by atoms with Gasteiger partial charge in [-0.15, -0.1) is 0 Å². The van der Waals surface area contributed by atoms with Gasteiger partial charge in [0.1, 0.15) is 11.2 Å². The first kappa shape index (κ1) is 29.9. The van der Waals surface area contributed by atoms with Gasteiger partial charge in [0.05, 0.1) is 11.1 Å². The van der Waals surface area contributed by atoms with E-state index in [9.17, 15) is 0 Å². The van der Waals surface area contributed by atoms with Gasteiger partial charge in [-0.25, -0.2) is 0 Å². The van der Waals surface area contributed by atoms with Crippen molar-refractivity contribution in [3.63, 3.8) is 0 Å². The molecule has 1 spiro atoms. The molecular weight excluding hydrogens is 655 g/mol. The fraction of sp³-hybridized carbons (Fsp3) is 0.0769. The Bertz CT molecular complexity index is 3010. The minimum atomic E-state index is -0.424. The average molecular weight is 690 g/mol. The summed E-state index contributed by atoms with van der Waals surface area (Å²) >= 11 is 0. The summed E-state index contributed by atoms with van der Waals surface area (Å²) in [7, 11) is 0. The quantitative estimate of drug-likeness (QED) is 0.184. The Morgan fingerprint density at radius 1 is 0.389 bits per heavy atom. The molecule has 1 aromatic heterocycles. The van der Waals surface area contributed by atoms with Crippen molar-refractivity contribution in [2.75, 3.05) is 4.90 Å². The van der Waals surface area contributed by atoms with Gasteiger partial charge in [0, 0.05) is 33.1 Å². The average Bonchev–Trinajstić information content (AvgIpc) is 3.91. The van der Waals surface area contributed by atoms with Crippen LogP contribution in [0.5, 0.6) is 0 Å². The fourth-order valence-corrected chi connectivity index (χ4v) is 10.4. The molecule has 9 aromatic rings. The first-order valence-electron chi connectivity index (χ1n) is 18.9. The maximum atomic E-state index is 6.35. The van der Waals surface area contributed by atoms with Crippen LogP contribution < -0.4 is 4.90 Å². The molecule has 1 heterocycles. The third kappa shape index (κ3) is 3.65. The fourth-order valence-electron chi connectivity index (χ4n) is 10.4. The molecule has 0 bridgehead atoms. The number of furan rings is 1. The predicted octanol–water partition coefficient (Wildman–Crippen LogP) is 13.7. The van der Waals surface area contributed by atoms with Crippen LogP contribution >= 0.6 is 0 Å². The lowest BCUT2D eigenvalue weighted by molar-refractivity contribution is 0.660. The molecule has 0 amide bonds. The van der Waals surface area contributed by atoms with Crippen molar-refractivity contribution in [3.05, 3.63) is 209 Å². The Morgan fingerprint density at radius 3 is 1.65 bits per heavy atom. The van der Waals surface area contributed by atoms with E-state index in [2.05, 4.69) is 189 Å². The van der Waals surface area contributed by atoms with Gasteiger partial charge in [0.2, 0.25) is 0 Å². The largest absolute Gasteiger partial charge is 0.456 e. The van der Waals surface area contributed by atoms with Gasteiger partial charge < -0.3 is 9.32 Å². The first-order chi connectivity index (χ1) is 26.5. The molecule has 3 aliphatic rings. The Hall–Kier alpha value is -6.64. The molecule has 12 rings (SSSR count). The van der Waals surface area contributed by atoms with Gasteiger partial charge in [0.25, 0.3) is 0 Å². The molecule has 54 heavy (non-hydrogen) atoms. The highest BCUT2D eigenvalue weighted by Gasteiger charge is 2.52. The van der Waals surface area contributed by atoms with E-state index in [1.165, 1.54) is 72.4 Å². The van der Waals surface area contributed by atoms with Gasteiger partial charge in [0.15, 0.2) is 0 Å². The number of nitrogens with zero attached hydrogens (tertiary/aromatic N) is 1. The van der Waals surface area contributed by atoms with E-state index in [-0.39, 0.29) is 5.41 Å². The van der Waals surface area contributed by atoms with Gasteiger partial charge in [-0.05, 0) is 104 Å². The minimum absolute atomic E-state index is 0.134. The molecule has 0 unspecified atom stereocenters. The lowest BCUT2D eigenvalue weighted by Crippen LogP contribution is -2.26. The molecule has 0 aliphatic heterocycles. The van der Waals surface area contributed by atoms with E-state index in [1.54, 1.807) is 0 Å². The van der Waals surface area contributed by atoms with Gasteiger partial charge >= 0.3 is 0 Å². The van der Waals surface area contributed by atoms with Crippen LogP contribution in [0.2, 0.25) is 0 Å². The molecule has 0 atom stereocenters. The first-order valence-corrected chi connectivity index (χ1v) is 18.9. The van der Waals surface area contributed by atoms with Crippen LogP contribution in [-0.2, 0) is 10.8 Å². The van der Waals surface area contributed by atoms with Crippen LogP contribution in [-0.4, -0.2) is 0 Å². The van der Waals surface area contributed by atoms with Gasteiger partial charge in [-0.3, -0.25) is 0 Å². The molecular formula is C52H35NO. The van der Waals surface area contributed by atoms with Gasteiger partial charge in [-0.2, -0.15) is 0 Å². The van der Waals surface area contributed by atoms with Gasteiger partial charge in [-0.1, -0.05) is 147 Å². The summed E-state index contributed by atoms with van der Waals surface area (Å²) in [5, 5.41) is 2.24. The third-order valence-electron chi connectivity index (χ3n) is 12.7. The molecule has 0 N–H and O–H groups in total. The van der Waals surface area contributed by atoms with Crippen LogP contribution in [0, 0.1) is 0 Å². The molecule has 0 radical (unpaired) electrons. The summed E-state index contributed by atoms with van der Waals surface area (Å²) in [5.74, 6) is 0. The molecule has 0 saturated heterocycles. The summed E-state index contributed by atoms with van der Waals surface area (Å²) in [6.07, 6.45) is 0. The van der Waals surface area contributed by atoms with Crippen LogP contribution in [0.4, 0.5) is 17.1 Å². The molecule has 2 heteroatoms. The second-order valence-electron chi connectivity index (χ2n) is 15.6. The van der Waals surface area contributed by atoms with E-state index in [1.807, 2.05) is 6.07 Å². The highest BCUT2D eigenvalue weighted by Crippen LogP contribution is 2.65. The maximum Gasteiger partial charge on any atom is 0.135 e. The molecule has 3 aliphatic carbocycles.